The summed E-state index contributed by atoms with van der Waals surface area (Å²) in [7, 11) is 0. The Labute approximate surface area is 123 Å². The molecule has 0 amide bonds. The number of aromatic nitrogens is 1. The molecule has 3 heteroatoms. The van der Waals surface area contributed by atoms with Gasteiger partial charge in [0.1, 0.15) is 5.82 Å². The predicted octanol–water partition coefficient (Wildman–Crippen LogP) is 3.75. The third kappa shape index (κ3) is 3.72. The summed E-state index contributed by atoms with van der Waals surface area (Å²) in [5, 5.41) is 0. The van der Waals surface area contributed by atoms with Crippen LogP contribution in [-0.4, -0.2) is 18.1 Å². The van der Waals surface area contributed by atoms with E-state index in [1.54, 1.807) is 0 Å². The van der Waals surface area contributed by atoms with Crippen LogP contribution in [0.5, 0.6) is 0 Å². The van der Waals surface area contributed by atoms with Crippen LogP contribution in [0.1, 0.15) is 58.6 Å². The highest BCUT2D eigenvalue weighted by molar-refractivity contribution is 5.39. The van der Waals surface area contributed by atoms with Crippen molar-refractivity contribution < 1.29 is 0 Å². The quantitative estimate of drug-likeness (QED) is 0.893. The van der Waals surface area contributed by atoms with Gasteiger partial charge in [0.2, 0.25) is 0 Å². The van der Waals surface area contributed by atoms with Gasteiger partial charge >= 0.3 is 0 Å². The third-order valence-corrected chi connectivity index (χ3v) is 4.57. The Hall–Kier alpha value is -1.09. The summed E-state index contributed by atoms with van der Waals surface area (Å²) < 4.78 is 0. The minimum absolute atomic E-state index is 0.0611. The Morgan fingerprint density at radius 1 is 1.25 bits per heavy atom. The fourth-order valence-corrected chi connectivity index (χ4v) is 3.05. The van der Waals surface area contributed by atoms with Crippen LogP contribution in [0, 0.1) is 11.3 Å². The van der Waals surface area contributed by atoms with E-state index in [-0.39, 0.29) is 6.04 Å². The summed E-state index contributed by atoms with van der Waals surface area (Å²) in [4.78, 5) is 7.03. The third-order valence-electron chi connectivity index (χ3n) is 4.57. The molecular formula is C17H29N3. The Morgan fingerprint density at radius 2 is 2.00 bits per heavy atom. The lowest BCUT2D eigenvalue weighted by Crippen LogP contribution is -2.26. The summed E-state index contributed by atoms with van der Waals surface area (Å²) in [6, 6.07) is 4.29. The Morgan fingerprint density at radius 3 is 2.55 bits per heavy atom. The van der Waals surface area contributed by atoms with Crippen molar-refractivity contribution in [2.75, 3.05) is 18.0 Å². The lowest BCUT2D eigenvalue weighted by Gasteiger charge is -2.30. The molecule has 1 fully saturated rings. The van der Waals surface area contributed by atoms with E-state index in [2.05, 4.69) is 42.8 Å². The van der Waals surface area contributed by atoms with Crippen LogP contribution in [0.4, 0.5) is 5.82 Å². The van der Waals surface area contributed by atoms with Gasteiger partial charge in [-0.15, -0.1) is 0 Å². The summed E-state index contributed by atoms with van der Waals surface area (Å²) in [6.07, 6.45) is 5.78. The van der Waals surface area contributed by atoms with Crippen LogP contribution in [0.3, 0.4) is 0 Å². The molecule has 2 N–H and O–H groups in total. The normalized spacial score (nSPS) is 22.4. The van der Waals surface area contributed by atoms with Gasteiger partial charge in [0.25, 0.3) is 0 Å². The Bertz CT molecular complexity index is 417. The van der Waals surface area contributed by atoms with Gasteiger partial charge in [0, 0.05) is 25.3 Å². The molecule has 3 nitrogen and oxygen atoms in total. The first-order valence-corrected chi connectivity index (χ1v) is 7.84. The van der Waals surface area contributed by atoms with E-state index >= 15 is 0 Å². The molecule has 2 atom stereocenters. The second-order valence-corrected chi connectivity index (χ2v) is 7.22. The summed E-state index contributed by atoms with van der Waals surface area (Å²) in [5.74, 6) is 1.92. The number of hydrogen-bond donors (Lipinski definition) is 1. The molecule has 20 heavy (non-hydrogen) atoms. The van der Waals surface area contributed by atoms with Gasteiger partial charge in [-0.1, -0.05) is 26.8 Å². The maximum absolute atomic E-state index is 5.88. The molecule has 1 saturated heterocycles. The van der Waals surface area contributed by atoms with E-state index in [0.29, 0.717) is 5.41 Å². The summed E-state index contributed by atoms with van der Waals surface area (Å²) >= 11 is 0. The molecule has 0 bridgehead atoms. The molecule has 0 radical (unpaired) electrons. The van der Waals surface area contributed by atoms with Crippen LogP contribution in [0.2, 0.25) is 0 Å². The highest BCUT2D eigenvalue weighted by Crippen LogP contribution is 2.34. The number of rotatable bonds is 2. The van der Waals surface area contributed by atoms with Crippen molar-refractivity contribution in [1.82, 2.24) is 4.98 Å². The Balaban J connectivity index is 2.03. The van der Waals surface area contributed by atoms with Crippen LogP contribution in [0.25, 0.3) is 0 Å². The van der Waals surface area contributed by atoms with Crippen molar-refractivity contribution in [3.63, 3.8) is 0 Å². The van der Waals surface area contributed by atoms with Gasteiger partial charge in [-0.3, -0.25) is 0 Å². The monoisotopic (exact) mass is 275 g/mol. The smallest absolute Gasteiger partial charge is 0.128 e. The molecule has 2 unspecified atom stereocenters. The van der Waals surface area contributed by atoms with Crippen molar-refractivity contribution in [3.8, 4) is 0 Å². The summed E-state index contributed by atoms with van der Waals surface area (Å²) in [5.41, 5.74) is 7.41. The highest BCUT2D eigenvalue weighted by Gasteiger charge is 2.27. The van der Waals surface area contributed by atoms with Crippen LogP contribution < -0.4 is 10.6 Å². The van der Waals surface area contributed by atoms with E-state index < -0.39 is 0 Å². The first kappa shape index (κ1) is 15.3. The van der Waals surface area contributed by atoms with Crippen molar-refractivity contribution in [2.45, 2.75) is 53.0 Å². The molecule has 0 saturated carbocycles. The second-order valence-electron chi connectivity index (χ2n) is 7.22. The molecule has 2 rings (SSSR count). The molecule has 0 aromatic carbocycles. The van der Waals surface area contributed by atoms with Crippen molar-refractivity contribution in [3.05, 3.63) is 23.9 Å². The number of hydrogen-bond acceptors (Lipinski definition) is 3. The highest BCUT2D eigenvalue weighted by atomic mass is 15.2. The zero-order valence-corrected chi connectivity index (χ0v) is 13.4. The molecule has 1 aliphatic heterocycles. The Kier molecular flexibility index (Phi) is 4.69. The van der Waals surface area contributed by atoms with Crippen LogP contribution in [-0.2, 0) is 0 Å². The summed E-state index contributed by atoms with van der Waals surface area (Å²) in [6.45, 7) is 11.3. The predicted molar refractivity (Wildman–Crippen MR) is 85.8 cm³/mol. The molecule has 112 valence electrons. The molecule has 0 aliphatic carbocycles. The van der Waals surface area contributed by atoms with Gasteiger partial charge in [-0.2, -0.15) is 0 Å². The molecule has 0 spiro atoms. The minimum Gasteiger partial charge on any atom is -0.357 e. The zero-order chi connectivity index (χ0) is 14.8. The SMILES string of the molecule is CC(N)c1ccc(N2CCCC(C(C)(C)C)CC2)nc1. The average Bonchev–Trinajstić information content (AvgIpc) is 2.64. The van der Waals surface area contributed by atoms with Gasteiger partial charge < -0.3 is 10.6 Å². The van der Waals surface area contributed by atoms with E-state index in [0.717, 1.165) is 30.4 Å². The van der Waals surface area contributed by atoms with Crippen molar-refractivity contribution in [2.24, 2.45) is 17.1 Å². The van der Waals surface area contributed by atoms with E-state index in [1.807, 2.05) is 13.1 Å². The molecule has 1 aliphatic rings. The minimum atomic E-state index is 0.0611. The maximum Gasteiger partial charge on any atom is 0.128 e. The van der Waals surface area contributed by atoms with Gasteiger partial charge in [0.05, 0.1) is 0 Å². The largest absolute Gasteiger partial charge is 0.357 e. The number of anilines is 1. The molecule has 1 aromatic rings. The van der Waals surface area contributed by atoms with E-state index in [4.69, 9.17) is 5.73 Å². The standard InChI is InChI=1S/C17H29N3/c1-13(18)14-7-8-16(19-12-14)20-10-5-6-15(9-11-20)17(2,3)4/h7-8,12-13,15H,5-6,9-11,18H2,1-4H3. The lowest BCUT2D eigenvalue weighted by molar-refractivity contribution is 0.220. The van der Waals surface area contributed by atoms with Gasteiger partial charge in [0.15, 0.2) is 0 Å². The number of pyridine rings is 1. The fourth-order valence-electron chi connectivity index (χ4n) is 3.05. The first-order chi connectivity index (χ1) is 9.38. The zero-order valence-electron chi connectivity index (χ0n) is 13.4. The van der Waals surface area contributed by atoms with E-state index in [9.17, 15) is 0 Å². The number of nitrogens with zero attached hydrogens (tertiary/aromatic N) is 2. The molecular weight excluding hydrogens is 246 g/mol. The van der Waals surface area contributed by atoms with Gasteiger partial charge in [-0.05, 0) is 49.1 Å². The molecule has 1 aromatic heterocycles. The first-order valence-electron chi connectivity index (χ1n) is 7.84. The second kappa shape index (κ2) is 6.13. The van der Waals surface area contributed by atoms with Gasteiger partial charge in [-0.25, -0.2) is 4.98 Å². The lowest BCUT2D eigenvalue weighted by atomic mass is 9.77. The van der Waals surface area contributed by atoms with Crippen molar-refractivity contribution in [1.29, 1.82) is 0 Å². The van der Waals surface area contributed by atoms with E-state index in [1.165, 1.54) is 19.3 Å². The topological polar surface area (TPSA) is 42.1 Å². The average molecular weight is 275 g/mol. The maximum atomic E-state index is 5.88. The van der Waals surface area contributed by atoms with Crippen LogP contribution in [0.15, 0.2) is 18.3 Å². The molecule has 2 heterocycles. The number of nitrogens with two attached hydrogens (primary N) is 1. The van der Waals surface area contributed by atoms with Crippen LogP contribution >= 0.6 is 0 Å². The van der Waals surface area contributed by atoms with Crippen molar-refractivity contribution >= 4 is 5.82 Å². The fraction of sp³-hybridized carbons (Fsp3) is 0.706.